The molecule has 0 saturated heterocycles. The molecule has 40 heavy (non-hydrogen) atoms. The number of carbonyl (C=O) groups excluding carboxylic acids is 3. The van der Waals surface area contributed by atoms with Crippen molar-refractivity contribution in [2.24, 2.45) is 0 Å². The maximum absolute atomic E-state index is 10.7. The van der Waals surface area contributed by atoms with Gasteiger partial charge in [-0.15, -0.1) is 0 Å². The molecular weight excluding hydrogens is 560 g/mol. The highest BCUT2D eigenvalue weighted by atomic mass is 32.2. The molecule has 0 aromatic rings. The fraction of sp³-hybridized carbons (Fsp3) is 0.417. The molecule has 0 unspecified atom stereocenters. The van der Waals surface area contributed by atoms with Gasteiger partial charge in [-0.1, -0.05) is 26.3 Å². The maximum Gasteiger partial charge on any atom is 0.341 e. The van der Waals surface area contributed by atoms with E-state index in [9.17, 15) is 37.2 Å². The van der Waals surface area contributed by atoms with Gasteiger partial charge in [0, 0.05) is 22.3 Å². The third kappa shape index (κ3) is 38.2. The second-order valence-electron chi connectivity index (χ2n) is 7.45. The Balaban J connectivity index is -0.000000223. The summed E-state index contributed by atoms with van der Waals surface area (Å²) in [6, 6.07) is 0. The molecule has 228 valence electrons. The minimum absolute atomic E-state index is 0.0362. The summed E-state index contributed by atoms with van der Waals surface area (Å²) in [4.78, 5) is 61.2. The maximum atomic E-state index is 10.7. The summed E-state index contributed by atoms with van der Waals surface area (Å²) in [6.07, 6.45) is -0.0864. The van der Waals surface area contributed by atoms with Crippen molar-refractivity contribution in [3.05, 3.63) is 48.6 Å². The summed E-state index contributed by atoms with van der Waals surface area (Å²) in [7, 11) is -3.96. The van der Waals surface area contributed by atoms with Crippen LogP contribution in [0.3, 0.4) is 0 Å². The zero-order chi connectivity index (χ0) is 32.6. The first-order valence-electron chi connectivity index (χ1n) is 10.8. The number of ether oxygens (including phenoxy) is 3. The molecule has 0 heterocycles. The van der Waals surface area contributed by atoms with Crippen molar-refractivity contribution in [1.29, 1.82) is 0 Å². The highest BCUT2D eigenvalue weighted by Gasteiger charge is 2.07. The molecule has 0 bridgehead atoms. The number of hydrogen-bond acceptors (Lipinski definition) is 11. The normalized spacial score (nSPS) is 9.22. The first-order chi connectivity index (χ1) is 18.0. The Kier molecular flexibility index (Phi) is 25.4. The van der Waals surface area contributed by atoms with Crippen molar-refractivity contribution >= 4 is 45.9 Å². The average Bonchev–Trinajstić information content (AvgIpc) is 2.80. The topological polar surface area (TPSA) is 245 Å². The largest absolute Gasteiger partial charge is 0.481 e. The lowest BCUT2D eigenvalue weighted by molar-refractivity contribution is -0.152. The standard InChI is InChI=1S/C7H12O5S.C7H10O4.C6H8O4.C4H6O2/c1-6(2)7(8)12-4-3-5-13(9,10)11;1-5(2)7(10)11-4-3-6(8)9;1-4(2)6(9)10-3-5(7)8;1-3(2)4(5)6/h1,3-5H2,2H3,(H,9,10,11);1,3-4H2,2H3,(H,8,9);1,3H2,2H3,(H,7,8);1H2,2H3,(H,5,6). The van der Waals surface area contributed by atoms with E-state index in [0.29, 0.717) is 0 Å². The molecule has 0 fully saturated rings. The molecule has 0 saturated carbocycles. The highest BCUT2D eigenvalue weighted by molar-refractivity contribution is 7.85. The van der Waals surface area contributed by atoms with Crippen molar-refractivity contribution in [2.45, 2.75) is 40.5 Å². The minimum atomic E-state index is -3.96. The van der Waals surface area contributed by atoms with E-state index in [0.717, 1.165) is 0 Å². The van der Waals surface area contributed by atoms with Crippen LogP contribution in [-0.4, -0.2) is 89.7 Å². The Hall–Kier alpha value is -4.31. The molecule has 0 rings (SSSR count). The van der Waals surface area contributed by atoms with Gasteiger partial charge in [0.25, 0.3) is 10.1 Å². The Morgan fingerprint density at radius 1 is 0.625 bits per heavy atom. The van der Waals surface area contributed by atoms with E-state index in [1.54, 1.807) is 0 Å². The lowest BCUT2D eigenvalue weighted by Crippen LogP contribution is -2.12. The number of carboxylic acid groups (broad SMARTS) is 3. The SMILES string of the molecule is C=C(C)C(=O)O.C=C(C)C(=O)OCC(=O)O.C=C(C)C(=O)OCCC(=O)O.C=C(C)C(=O)OCCCS(=O)(=O)O. The third-order valence-electron chi connectivity index (χ3n) is 3.07. The molecule has 0 aromatic heterocycles. The van der Waals surface area contributed by atoms with Crippen molar-refractivity contribution in [2.75, 3.05) is 25.6 Å². The molecule has 0 aliphatic heterocycles. The van der Waals surface area contributed by atoms with Crippen LogP contribution in [0.25, 0.3) is 0 Å². The van der Waals surface area contributed by atoms with Gasteiger partial charge in [-0.05, 0) is 34.1 Å². The van der Waals surface area contributed by atoms with Crippen LogP contribution in [0.4, 0.5) is 0 Å². The minimum Gasteiger partial charge on any atom is -0.481 e. The fourth-order valence-electron chi connectivity index (χ4n) is 1.13. The zero-order valence-electron chi connectivity index (χ0n) is 22.8. The van der Waals surface area contributed by atoms with Crippen molar-refractivity contribution in [1.82, 2.24) is 0 Å². The van der Waals surface area contributed by atoms with Crippen molar-refractivity contribution in [3.8, 4) is 0 Å². The molecule has 4 N–H and O–H groups in total. The predicted octanol–water partition coefficient (Wildman–Crippen LogP) is 1.80. The van der Waals surface area contributed by atoms with Gasteiger partial charge in [0.1, 0.15) is 6.61 Å². The van der Waals surface area contributed by atoms with E-state index in [2.05, 4.69) is 40.5 Å². The van der Waals surface area contributed by atoms with E-state index in [4.69, 9.17) is 19.9 Å². The van der Waals surface area contributed by atoms with Crippen LogP contribution >= 0.6 is 0 Å². The van der Waals surface area contributed by atoms with E-state index in [1.807, 2.05) is 0 Å². The molecular formula is C24H36O15S. The van der Waals surface area contributed by atoms with Gasteiger partial charge >= 0.3 is 35.8 Å². The van der Waals surface area contributed by atoms with Crippen LogP contribution in [-0.2, 0) is 53.1 Å². The lowest BCUT2D eigenvalue weighted by atomic mass is 10.4. The summed E-state index contributed by atoms with van der Waals surface area (Å²) in [6.45, 7) is 18.2. The van der Waals surface area contributed by atoms with Crippen LogP contribution in [0, 0.1) is 0 Å². The van der Waals surface area contributed by atoms with Crippen LogP contribution < -0.4 is 0 Å². The number of rotatable bonds is 13. The Labute approximate surface area is 232 Å². The molecule has 0 aliphatic rings. The Bertz CT molecular complexity index is 1040. The van der Waals surface area contributed by atoms with Gasteiger partial charge in [0.2, 0.25) is 0 Å². The van der Waals surface area contributed by atoms with Crippen LogP contribution in [0.15, 0.2) is 48.6 Å². The molecule has 0 aliphatic carbocycles. The lowest BCUT2D eigenvalue weighted by Gasteiger charge is -2.02. The molecule has 0 aromatic carbocycles. The molecule has 15 nitrogen and oxygen atoms in total. The first kappa shape index (κ1) is 42.8. The van der Waals surface area contributed by atoms with Crippen LogP contribution in [0.2, 0.25) is 0 Å². The van der Waals surface area contributed by atoms with Gasteiger partial charge in [-0.2, -0.15) is 8.42 Å². The predicted molar refractivity (Wildman–Crippen MR) is 141 cm³/mol. The summed E-state index contributed by atoms with van der Waals surface area (Å²) in [5, 5.41) is 24.1. The Morgan fingerprint density at radius 2 is 0.975 bits per heavy atom. The highest BCUT2D eigenvalue weighted by Crippen LogP contribution is 1.95. The number of carbonyl (C=O) groups is 6. The number of hydrogen-bond donors (Lipinski definition) is 4. The summed E-state index contributed by atoms with van der Waals surface area (Å²) >= 11 is 0. The quantitative estimate of drug-likeness (QED) is 0.0778. The second-order valence-corrected chi connectivity index (χ2v) is 9.02. The average molecular weight is 597 g/mol. The molecule has 0 amide bonds. The van der Waals surface area contributed by atoms with Crippen LogP contribution in [0.1, 0.15) is 40.5 Å². The van der Waals surface area contributed by atoms with E-state index in [-0.39, 0.29) is 48.3 Å². The smallest absolute Gasteiger partial charge is 0.341 e. The zero-order valence-corrected chi connectivity index (χ0v) is 23.6. The Morgan fingerprint density at radius 3 is 1.25 bits per heavy atom. The van der Waals surface area contributed by atoms with E-state index >= 15 is 0 Å². The summed E-state index contributed by atoms with van der Waals surface area (Å²) < 4.78 is 42.0. The second kappa shape index (κ2) is 23.8. The van der Waals surface area contributed by atoms with Crippen molar-refractivity contribution in [3.63, 3.8) is 0 Å². The van der Waals surface area contributed by atoms with E-state index < -0.39 is 58.3 Å². The number of esters is 3. The van der Waals surface area contributed by atoms with Gasteiger partial charge < -0.3 is 29.5 Å². The van der Waals surface area contributed by atoms with E-state index in [1.165, 1.54) is 27.7 Å². The summed E-state index contributed by atoms with van der Waals surface area (Å²) in [5.41, 5.74) is 0.901. The fourth-order valence-corrected chi connectivity index (χ4v) is 1.62. The third-order valence-corrected chi connectivity index (χ3v) is 3.87. The number of carboxylic acids is 3. The van der Waals surface area contributed by atoms with Gasteiger partial charge in [0.05, 0.1) is 18.8 Å². The monoisotopic (exact) mass is 596 g/mol. The molecule has 0 spiro atoms. The van der Waals surface area contributed by atoms with Gasteiger partial charge in [0.15, 0.2) is 6.61 Å². The summed E-state index contributed by atoms with van der Waals surface area (Å²) in [5.74, 6) is -5.29. The number of aliphatic carboxylic acids is 3. The first-order valence-corrected chi connectivity index (χ1v) is 12.4. The molecule has 16 heteroatoms. The molecule has 0 atom stereocenters. The van der Waals surface area contributed by atoms with Crippen molar-refractivity contribution < 1.29 is 71.3 Å². The van der Waals surface area contributed by atoms with Crippen LogP contribution in [0.5, 0.6) is 0 Å². The van der Waals surface area contributed by atoms with Gasteiger partial charge in [-0.25, -0.2) is 24.0 Å². The molecule has 0 radical (unpaired) electrons. The van der Waals surface area contributed by atoms with Gasteiger partial charge in [-0.3, -0.25) is 9.35 Å².